The van der Waals surface area contributed by atoms with Gasteiger partial charge in [-0.1, -0.05) is 23.8 Å². The van der Waals surface area contributed by atoms with Crippen LogP contribution in [0.3, 0.4) is 0 Å². The minimum atomic E-state index is 0.0785. The molecular formula is C16H16N2O. The monoisotopic (exact) mass is 252 g/mol. The lowest BCUT2D eigenvalue weighted by Crippen LogP contribution is -2.25. The number of rotatable bonds is 1. The lowest BCUT2D eigenvalue weighted by atomic mass is 10.1. The molecule has 2 aromatic carbocycles. The quantitative estimate of drug-likeness (QED) is 0.793. The highest BCUT2D eigenvalue weighted by atomic mass is 16.2. The number of hydrogen-bond acceptors (Lipinski definition) is 2. The van der Waals surface area contributed by atoms with E-state index in [2.05, 4.69) is 0 Å². The summed E-state index contributed by atoms with van der Waals surface area (Å²) in [4.78, 5) is 14.3. The van der Waals surface area contributed by atoms with Gasteiger partial charge in [-0.3, -0.25) is 4.79 Å². The second kappa shape index (κ2) is 4.43. The summed E-state index contributed by atoms with van der Waals surface area (Å²) in [5.41, 5.74) is 10.8. The molecule has 0 spiro atoms. The molecule has 3 heteroatoms. The Morgan fingerprint density at radius 3 is 2.47 bits per heavy atom. The van der Waals surface area contributed by atoms with Gasteiger partial charge in [-0.2, -0.15) is 0 Å². The summed E-state index contributed by atoms with van der Waals surface area (Å²) in [6.07, 6.45) is 0. The molecule has 0 unspecified atom stereocenters. The maximum absolute atomic E-state index is 12.4. The minimum absolute atomic E-state index is 0.0785. The highest BCUT2D eigenvalue weighted by Gasteiger charge is 2.24. The van der Waals surface area contributed by atoms with Gasteiger partial charge in [0.15, 0.2) is 0 Å². The van der Waals surface area contributed by atoms with E-state index in [1.165, 1.54) is 5.56 Å². The third kappa shape index (κ3) is 2.19. The Kier molecular flexibility index (Phi) is 2.75. The predicted molar refractivity (Wildman–Crippen MR) is 75.6 cm³/mol. The fourth-order valence-electron chi connectivity index (χ4n) is 2.44. The smallest absolute Gasteiger partial charge is 0.254 e. The Balaban J connectivity index is 1.82. The van der Waals surface area contributed by atoms with E-state index in [9.17, 15) is 4.79 Å². The molecule has 0 aliphatic carbocycles. The number of nitrogens with two attached hydrogens (primary N) is 1. The van der Waals surface area contributed by atoms with Gasteiger partial charge in [-0.25, -0.2) is 0 Å². The van der Waals surface area contributed by atoms with Crippen molar-refractivity contribution < 1.29 is 4.79 Å². The van der Waals surface area contributed by atoms with Gasteiger partial charge in [0.1, 0.15) is 0 Å². The zero-order chi connectivity index (χ0) is 13.4. The van der Waals surface area contributed by atoms with Crippen molar-refractivity contribution in [2.45, 2.75) is 20.0 Å². The summed E-state index contributed by atoms with van der Waals surface area (Å²) in [6.45, 7) is 3.33. The summed E-state index contributed by atoms with van der Waals surface area (Å²) < 4.78 is 0. The summed E-state index contributed by atoms with van der Waals surface area (Å²) in [6, 6.07) is 13.6. The van der Waals surface area contributed by atoms with Crippen LogP contribution in [0.4, 0.5) is 5.69 Å². The molecule has 0 saturated carbocycles. The molecule has 0 bridgehead atoms. The maximum Gasteiger partial charge on any atom is 0.254 e. The molecule has 0 fully saturated rings. The van der Waals surface area contributed by atoms with Crippen LogP contribution in [0.5, 0.6) is 0 Å². The molecule has 1 amide bonds. The van der Waals surface area contributed by atoms with Crippen molar-refractivity contribution in [2.24, 2.45) is 0 Å². The summed E-state index contributed by atoms with van der Waals surface area (Å²) in [7, 11) is 0. The molecular weight excluding hydrogens is 236 g/mol. The fourth-order valence-corrected chi connectivity index (χ4v) is 2.44. The van der Waals surface area contributed by atoms with Gasteiger partial charge in [-0.05, 0) is 42.3 Å². The molecule has 0 aromatic heterocycles. The van der Waals surface area contributed by atoms with Gasteiger partial charge in [0.2, 0.25) is 0 Å². The Morgan fingerprint density at radius 2 is 1.74 bits per heavy atom. The van der Waals surface area contributed by atoms with Gasteiger partial charge in [0, 0.05) is 24.3 Å². The first-order valence-corrected chi connectivity index (χ1v) is 6.37. The lowest BCUT2D eigenvalue weighted by Gasteiger charge is -2.15. The van der Waals surface area contributed by atoms with E-state index in [-0.39, 0.29) is 5.91 Å². The Bertz CT molecular complexity index is 632. The van der Waals surface area contributed by atoms with Crippen molar-refractivity contribution in [3.8, 4) is 0 Å². The van der Waals surface area contributed by atoms with E-state index in [0.717, 1.165) is 22.4 Å². The highest BCUT2D eigenvalue weighted by Crippen LogP contribution is 2.26. The standard InChI is InChI=1S/C16H16N2O/c1-11-2-4-12(5-3-11)16(19)18-9-13-6-7-15(17)8-14(13)10-18/h2-8H,9-10,17H2,1H3. The van der Waals surface area contributed by atoms with Gasteiger partial charge in [0.05, 0.1) is 0 Å². The number of carbonyl (C=O) groups is 1. The highest BCUT2D eigenvalue weighted by molar-refractivity contribution is 5.94. The molecule has 1 heterocycles. The van der Waals surface area contributed by atoms with Crippen LogP contribution in [0, 0.1) is 6.92 Å². The van der Waals surface area contributed by atoms with Crippen molar-refractivity contribution in [2.75, 3.05) is 5.73 Å². The zero-order valence-corrected chi connectivity index (χ0v) is 10.9. The molecule has 3 nitrogen and oxygen atoms in total. The molecule has 3 rings (SSSR count). The molecule has 1 aliphatic rings. The third-order valence-corrected chi connectivity index (χ3v) is 3.54. The van der Waals surface area contributed by atoms with Crippen molar-refractivity contribution in [3.63, 3.8) is 0 Å². The summed E-state index contributed by atoms with van der Waals surface area (Å²) in [5.74, 6) is 0.0785. The topological polar surface area (TPSA) is 46.3 Å². The largest absolute Gasteiger partial charge is 0.399 e. The van der Waals surface area contributed by atoms with E-state index in [1.807, 2.05) is 54.3 Å². The van der Waals surface area contributed by atoms with E-state index in [4.69, 9.17) is 5.73 Å². The predicted octanol–water partition coefficient (Wildman–Crippen LogP) is 2.73. The summed E-state index contributed by atoms with van der Waals surface area (Å²) >= 11 is 0. The molecule has 0 radical (unpaired) electrons. The second-order valence-corrected chi connectivity index (χ2v) is 5.06. The average Bonchev–Trinajstić information content (AvgIpc) is 2.81. The van der Waals surface area contributed by atoms with Gasteiger partial charge in [0.25, 0.3) is 5.91 Å². The fraction of sp³-hybridized carbons (Fsp3) is 0.188. The number of hydrogen-bond donors (Lipinski definition) is 1. The van der Waals surface area contributed by atoms with Crippen molar-refractivity contribution in [1.29, 1.82) is 0 Å². The summed E-state index contributed by atoms with van der Waals surface area (Å²) in [5, 5.41) is 0. The van der Waals surface area contributed by atoms with Crippen LogP contribution in [0.1, 0.15) is 27.0 Å². The van der Waals surface area contributed by atoms with E-state index >= 15 is 0 Å². The molecule has 96 valence electrons. The maximum atomic E-state index is 12.4. The number of fused-ring (bicyclic) bond motifs is 1. The van der Waals surface area contributed by atoms with Crippen LogP contribution in [-0.2, 0) is 13.1 Å². The number of nitrogen functional groups attached to an aromatic ring is 1. The second-order valence-electron chi connectivity index (χ2n) is 5.06. The first kappa shape index (κ1) is 11.8. The number of anilines is 1. The van der Waals surface area contributed by atoms with Crippen molar-refractivity contribution >= 4 is 11.6 Å². The van der Waals surface area contributed by atoms with E-state index in [0.29, 0.717) is 13.1 Å². The number of carbonyl (C=O) groups excluding carboxylic acids is 1. The van der Waals surface area contributed by atoms with Crippen LogP contribution in [0.2, 0.25) is 0 Å². The molecule has 0 saturated heterocycles. The number of benzene rings is 2. The minimum Gasteiger partial charge on any atom is -0.399 e. The van der Waals surface area contributed by atoms with Gasteiger partial charge < -0.3 is 10.6 Å². The lowest BCUT2D eigenvalue weighted by molar-refractivity contribution is 0.0751. The van der Waals surface area contributed by atoms with Crippen LogP contribution in [-0.4, -0.2) is 10.8 Å². The normalized spacial score (nSPS) is 13.4. The van der Waals surface area contributed by atoms with E-state index < -0.39 is 0 Å². The van der Waals surface area contributed by atoms with Crippen LogP contribution in [0.25, 0.3) is 0 Å². The van der Waals surface area contributed by atoms with Crippen LogP contribution in [0.15, 0.2) is 42.5 Å². The zero-order valence-electron chi connectivity index (χ0n) is 10.9. The Hall–Kier alpha value is -2.29. The Labute approximate surface area is 112 Å². The van der Waals surface area contributed by atoms with Crippen molar-refractivity contribution in [3.05, 3.63) is 64.7 Å². The number of aryl methyl sites for hydroxylation is 1. The Morgan fingerprint density at radius 1 is 1.05 bits per heavy atom. The van der Waals surface area contributed by atoms with Crippen molar-refractivity contribution in [1.82, 2.24) is 4.90 Å². The van der Waals surface area contributed by atoms with Gasteiger partial charge in [-0.15, -0.1) is 0 Å². The first-order chi connectivity index (χ1) is 9.13. The SMILES string of the molecule is Cc1ccc(C(=O)N2Cc3ccc(N)cc3C2)cc1. The average molecular weight is 252 g/mol. The van der Waals surface area contributed by atoms with Crippen LogP contribution < -0.4 is 5.73 Å². The molecule has 2 N–H and O–H groups in total. The first-order valence-electron chi connectivity index (χ1n) is 6.37. The van der Waals surface area contributed by atoms with E-state index in [1.54, 1.807) is 0 Å². The number of nitrogens with zero attached hydrogens (tertiary/aromatic N) is 1. The molecule has 19 heavy (non-hydrogen) atoms. The van der Waals surface area contributed by atoms with Crippen LogP contribution >= 0.6 is 0 Å². The number of amides is 1. The molecule has 0 atom stereocenters. The third-order valence-electron chi connectivity index (χ3n) is 3.54. The molecule has 1 aliphatic heterocycles. The molecule has 2 aromatic rings. The van der Waals surface area contributed by atoms with Gasteiger partial charge >= 0.3 is 0 Å².